The molecule has 104 valence electrons. The summed E-state index contributed by atoms with van der Waals surface area (Å²) in [5.41, 5.74) is 2.29. The fraction of sp³-hybridized carbons (Fsp3) is 0.500. The van der Waals surface area contributed by atoms with Crippen LogP contribution >= 0.6 is 22.7 Å². The van der Waals surface area contributed by atoms with E-state index in [2.05, 4.69) is 45.9 Å². The van der Waals surface area contributed by atoms with Crippen LogP contribution in [-0.2, 0) is 6.54 Å². The van der Waals surface area contributed by atoms with E-state index in [1.807, 2.05) is 6.92 Å². The first-order chi connectivity index (χ1) is 9.06. The Labute approximate surface area is 122 Å². The maximum absolute atomic E-state index is 9.55. The molecule has 3 nitrogen and oxygen atoms in total. The molecule has 0 aliphatic carbocycles. The topological polar surface area (TPSA) is 36.4 Å². The summed E-state index contributed by atoms with van der Waals surface area (Å²) in [5.74, 6) is 0. The summed E-state index contributed by atoms with van der Waals surface area (Å²) >= 11 is 3.38. The molecule has 0 aliphatic rings. The van der Waals surface area contributed by atoms with Gasteiger partial charge in [0.25, 0.3) is 0 Å². The summed E-state index contributed by atoms with van der Waals surface area (Å²) < 4.78 is 0. The molecule has 0 saturated heterocycles. The van der Waals surface area contributed by atoms with Gasteiger partial charge in [0.05, 0.1) is 11.8 Å². The number of hydrogen-bond acceptors (Lipinski definition) is 5. The molecular formula is C14H20N2OS2. The zero-order valence-electron chi connectivity index (χ0n) is 11.5. The Morgan fingerprint density at radius 2 is 2.11 bits per heavy atom. The van der Waals surface area contributed by atoms with Crippen LogP contribution in [-0.4, -0.2) is 33.7 Å². The number of aliphatic hydroxyl groups is 1. The van der Waals surface area contributed by atoms with Crippen LogP contribution in [0.15, 0.2) is 22.2 Å². The lowest BCUT2D eigenvalue weighted by molar-refractivity contribution is 0.102. The van der Waals surface area contributed by atoms with E-state index in [0.717, 1.165) is 17.2 Å². The average molecular weight is 296 g/mol. The Hall–Kier alpha value is -0.750. The van der Waals surface area contributed by atoms with Crippen molar-refractivity contribution in [3.05, 3.63) is 27.9 Å². The van der Waals surface area contributed by atoms with Gasteiger partial charge in [0.1, 0.15) is 5.01 Å². The predicted octanol–water partition coefficient (Wildman–Crippen LogP) is 3.46. The third kappa shape index (κ3) is 4.11. The van der Waals surface area contributed by atoms with Gasteiger partial charge in [-0.25, -0.2) is 4.98 Å². The SMILES string of the molecule is CC(O)CN(Cc1csc(-c2ccsc2)n1)C(C)C. The van der Waals surface area contributed by atoms with Gasteiger partial charge in [-0.1, -0.05) is 0 Å². The van der Waals surface area contributed by atoms with Crippen LogP contribution in [0.4, 0.5) is 0 Å². The number of thiophene rings is 1. The van der Waals surface area contributed by atoms with Crippen LogP contribution in [0.25, 0.3) is 10.6 Å². The smallest absolute Gasteiger partial charge is 0.124 e. The summed E-state index contributed by atoms with van der Waals surface area (Å²) in [4.78, 5) is 6.93. The van der Waals surface area contributed by atoms with Gasteiger partial charge in [-0.05, 0) is 32.2 Å². The number of aromatic nitrogens is 1. The molecule has 1 atom stereocenters. The highest BCUT2D eigenvalue weighted by Gasteiger charge is 2.14. The molecule has 0 spiro atoms. The minimum atomic E-state index is -0.308. The Morgan fingerprint density at radius 3 is 2.68 bits per heavy atom. The third-order valence-corrected chi connectivity index (χ3v) is 4.54. The zero-order valence-corrected chi connectivity index (χ0v) is 13.2. The summed E-state index contributed by atoms with van der Waals surface area (Å²) in [7, 11) is 0. The van der Waals surface area contributed by atoms with E-state index in [9.17, 15) is 5.11 Å². The van der Waals surface area contributed by atoms with E-state index < -0.39 is 0 Å². The first-order valence-corrected chi connectivity index (χ1v) is 8.27. The minimum Gasteiger partial charge on any atom is -0.392 e. The number of hydrogen-bond donors (Lipinski definition) is 1. The molecule has 2 heterocycles. The molecule has 2 rings (SSSR count). The van der Waals surface area contributed by atoms with Crippen molar-refractivity contribution in [1.82, 2.24) is 9.88 Å². The van der Waals surface area contributed by atoms with Crippen LogP contribution < -0.4 is 0 Å². The van der Waals surface area contributed by atoms with Crippen molar-refractivity contribution in [3.8, 4) is 10.6 Å². The molecule has 1 unspecified atom stereocenters. The van der Waals surface area contributed by atoms with E-state index in [1.165, 1.54) is 5.56 Å². The molecular weight excluding hydrogens is 276 g/mol. The molecule has 5 heteroatoms. The second kappa shape index (κ2) is 6.61. The highest BCUT2D eigenvalue weighted by Crippen LogP contribution is 2.26. The molecule has 0 saturated carbocycles. The zero-order chi connectivity index (χ0) is 13.8. The van der Waals surface area contributed by atoms with E-state index in [0.29, 0.717) is 12.6 Å². The molecule has 0 radical (unpaired) electrons. The summed E-state index contributed by atoms with van der Waals surface area (Å²) in [5, 5.41) is 16.9. The average Bonchev–Trinajstić information content (AvgIpc) is 2.97. The van der Waals surface area contributed by atoms with Gasteiger partial charge in [-0.2, -0.15) is 11.3 Å². The van der Waals surface area contributed by atoms with Crippen LogP contribution in [0.5, 0.6) is 0 Å². The lowest BCUT2D eigenvalue weighted by Gasteiger charge is -2.26. The Morgan fingerprint density at radius 1 is 1.32 bits per heavy atom. The van der Waals surface area contributed by atoms with E-state index in [-0.39, 0.29) is 6.10 Å². The molecule has 0 bridgehead atoms. The van der Waals surface area contributed by atoms with E-state index in [4.69, 9.17) is 0 Å². The highest BCUT2D eigenvalue weighted by molar-refractivity contribution is 7.14. The van der Waals surface area contributed by atoms with Gasteiger partial charge in [0.2, 0.25) is 0 Å². The van der Waals surface area contributed by atoms with Crippen molar-refractivity contribution < 1.29 is 5.11 Å². The maximum atomic E-state index is 9.55. The fourth-order valence-corrected chi connectivity index (χ4v) is 3.43. The molecule has 0 aliphatic heterocycles. The first kappa shape index (κ1) is 14.7. The number of aliphatic hydroxyl groups excluding tert-OH is 1. The maximum Gasteiger partial charge on any atom is 0.124 e. The normalized spacial score (nSPS) is 13.4. The van der Waals surface area contributed by atoms with Crippen molar-refractivity contribution in [1.29, 1.82) is 0 Å². The molecule has 2 aromatic heterocycles. The lowest BCUT2D eigenvalue weighted by Crippen LogP contribution is -2.36. The molecule has 0 aromatic carbocycles. The quantitative estimate of drug-likeness (QED) is 0.887. The molecule has 0 fully saturated rings. The Kier molecular flexibility index (Phi) is 5.10. The molecule has 2 aromatic rings. The van der Waals surface area contributed by atoms with Crippen molar-refractivity contribution >= 4 is 22.7 Å². The monoisotopic (exact) mass is 296 g/mol. The van der Waals surface area contributed by atoms with Crippen molar-refractivity contribution in [3.63, 3.8) is 0 Å². The lowest BCUT2D eigenvalue weighted by atomic mass is 10.2. The number of nitrogens with zero attached hydrogens (tertiary/aromatic N) is 2. The minimum absolute atomic E-state index is 0.308. The standard InChI is InChI=1S/C14H20N2OS2/c1-10(2)16(6-11(3)17)7-13-9-19-14(15-13)12-4-5-18-8-12/h4-5,8-11,17H,6-7H2,1-3H3. The highest BCUT2D eigenvalue weighted by atomic mass is 32.1. The molecule has 19 heavy (non-hydrogen) atoms. The summed E-state index contributed by atoms with van der Waals surface area (Å²) in [6.45, 7) is 7.60. The van der Waals surface area contributed by atoms with Gasteiger partial charge >= 0.3 is 0 Å². The first-order valence-electron chi connectivity index (χ1n) is 6.45. The Balaban J connectivity index is 2.06. The van der Waals surface area contributed by atoms with Crippen LogP contribution in [0, 0.1) is 0 Å². The third-order valence-electron chi connectivity index (χ3n) is 2.91. The fourth-order valence-electron chi connectivity index (χ4n) is 1.90. The van der Waals surface area contributed by atoms with Gasteiger partial charge in [-0.15, -0.1) is 11.3 Å². The van der Waals surface area contributed by atoms with Crippen molar-refractivity contribution in [2.75, 3.05) is 6.54 Å². The van der Waals surface area contributed by atoms with Gasteiger partial charge in [0, 0.05) is 35.5 Å². The number of rotatable bonds is 6. The van der Waals surface area contributed by atoms with Gasteiger partial charge in [-0.3, -0.25) is 4.90 Å². The van der Waals surface area contributed by atoms with Crippen molar-refractivity contribution in [2.24, 2.45) is 0 Å². The summed E-state index contributed by atoms with van der Waals surface area (Å²) in [6, 6.07) is 2.50. The molecule has 1 N–H and O–H groups in total. The van der Waals surface area contributed by atoms with Gasteiger partial charge in [0.15, 0.2) is 0 Å². The largest absolute Gasteiger partial charge is 0.392 e. The second-order valence-electron chi connectivity index (χ2n) is 5.03. The summed E-state index contributed by atoms with van der Waals surface area (Å²) in [6.07, 6.45) is -0.308. The predicted molar refractivity (Wildman–Crippen MR) is 82.7 cm³/mol. The van der Waals surface area contributed by atoms with E-state index >= 15 is 0 Å². The van der Waals surface area contributed by atoms with Crippen LogP contribution in [0.1, 0.15) is 26.5 Å². The molecule has 0 amide bonds. The van der Waals surface area contributed by atoms with Crippen molar-refractivity contribution in [2.45, 2.75) is 39.5 Å². The van der Waals surface area contributed by atoms with E-state index in [1.54, 1.807) is 22.7 Å². The van der Waals surface area contributed by atoms with Crippen LogP contribution in [0.3, 0.4) is 0 Å². The second-order valence-corrected chi connectivity index (χ2v) is 6.67. The van der Waals surface area contributed by atoms with Crippen LogP contribution in [0.2, 0.25) is 0 Å². The Bertz CT molecular complexity index is 491. The van der Waals surface area contributed by atoms with Gasteiger partial charge < -0.3 is 5.11 Å². The number of thiazole rings is 1.